The Hall–Kier alpha value is -2.25. The summed E-state index contributed by atoms with van der Waals surface area (Å²) in [6.07, 6.45) is 5.99. The Balaban J connectivity index is 1.73. The van der Waals surface area contributed by atoms with E-state index in [1.54, 1.807) is 42.5 Å². The molecule has 1 aromatic heterocycles. The van der Waals surface area contributed by atoms with Crippen molar-refractivity contribution in [3.05, 3.63) is 59.9 Å². The normalized spacial score (nSPS) is 14.8. The summed E-state index contributed by atoms with van der Waals surface area (Å²) < 4.78 is 27.0. The highest BCUT2D eigenvalue weighted by Gasteiger charge is 2.24. The minimum absolute atomic E-state index is 0.0982. The van der Waals surface area contributed by atoms with Gasteiger partial charge in [0.2, 0.25) is 10.0 Å². The zero-order chi connectivity index (χ0) is 18.6. The second-order valence-corrected chi connectivity index (χ2v) is 8.50. The maximum Gasteiger partial charge on any atom is 0.253 e. The molecule has 1 aliphatic rings. The van der Waals surface area contributed by atoms with Crippen molar-refractivity contribution in [3.8, 4) is 0 Å². The van der Waals surface area contributed by atoms with Crippen LogP contribution >= 0.6 is 0 Å². The Labute approximate surface area is 154 Å². The van der Waals surface area contributed by atoms with E-state index >= 15 is 0 Å². The van der Waals surface area contributed by atoms with Gasteiger partial charge in [-0.3, -0.25) is 9.78 Å². The van der Waals surface area contributed by atoms with Crippen molar-refractivity contribution in [2.45, 2.75) is 24.2 Å². The van der Waals surface area contributed by atoms with Gasteiger partial charge in [-0.2, -0.15) is 0 Å². The molecule has 1 amide bonds. The lowest BCUT2D eigenvalue weighted by Gasteiger charge is -2.19. The molecule has 0 atom stereocenters. The molecule has 2 heterocycles. The molecule has 1 aromatic carbocycles. The Morgan fingerprint density at radius 2 is 1.85 bits per heavy atom. The summed E-state index contributed by atoms with van der Waals surface area (Å²) in [7, 11) is -2.08. The molecule has 3 rings (SSSR count). The van der Waals surface area contributed by atoms with Gasteiger partial charge >= 0.3 is 0 Å². The largest absolute Gasteiger partial charge is 0.339 e. The van der Waals surface area contributed by atoms with E-state index in [2.05, 4.69) is 4.98 Å². The van der Waals surface area contributed by atoms with E-state index in [1.807, 2.05) is 12.1 Å². The average Bonchev–Trinajstić information content (AvgIpc) is 3.21. The van der Waals surface area contributed by atoms with E-state index < -0.39 is 10.0 Å². The van der Waals surface area contributed by atoms with Crippen LogP contribution in [0.2, 0.25) is 0 Å². The quantitative estimate of drug-likeness (QED) is 0.778. The van der Waals surface area contributed by atoms with Gasteiger partial charge in [0.1, 0.15) is 0 Å². The second kappa shape index (κ2) is 7.97. The van der Waals surface area contributed by atoms with Crippen LogP contribution in [0.15, 0.2) is 53.7 Å². The lowest BCUT2D eigenvalue weighted by atomic mass is 10.2. The summed E-state index contributed by atoms with van der Waals surface area (Å²) in [4.78, 5) is 18.4. The Bertz CT molecular complexity index is 863. The molecule has 138 valence electrons. The van der Waals surface area contributed by atoms with Crippen LogP contribution < -0.4 is 0 Å². The molecular weight excluding hydrogens is 350 g/mol. The van der Waals surface area contributed by atoms with Crippen LogP contribution in [0.25, 0.3) is 0 Å². The molecule has 0 saturated carbocycles. The smallest absolute Gasteiger partial charge is 0.253 e. The van der Waals surface area contributed by atoms with Crippen molar-refractivity contribution in [3.63, 3.8) is 0 Å². The highest BCUT2D eigenvalue weighted by Crippen LogP contribution is 2.19. The summed E-state index contributed by atoms with van der Waals surface area (Å²) in [5.41, 5.74) is 1.45. The van der Waals surface area contributed by atoms with Crippen molar-refractivity contribution in [2.75, 3.05) is 26.7 Å². The van der Waals surface area contributed by atoms with Crippen LogP contribution in [0, 0.1) is 0 Å². The van der Waals surface area contributed by atoms with Crippen molar-refractivity contribution in [1.29, 1.82) is 0 Å². The number of benzene rings is 1. The first-order chi connectivity index (χ1) is 12.5. The monoisotopic (exact) mass is 373 g/mol. The number of aromatic nitrogens is 1. The average molecular weight is 373 g/mol. The van der Waals surface area contributed by atoms with Crippen LogP contribution in [0.4, 0.5) is 0 Å². The second-order valence-electron chi connectivity index (χ2n) is 6.46. The van der Waals surface area contributed by atoms with Gasteiger partial charge in [0, 0.05) is 44.6 Å². The summed E-state index contributed by atoms with van der Waals surface area (Å²) in [6, 6.07) is 10.1. The predicted molar refractivity (Wildman–Crippen MR) is 99.3 cm³/mol. The van der Waals surface area contributed by atoms with E-state index in [0.29, 0.717) is 18.5 Å². The summed E-state index contributed by atoms with van der Waals surface area (Å²) >= 11 is 0. The maximum atomic E-state index is 12.8. The number of carbonyl (C=O) groups is 1. The number of pyridine rings is 1. The van der Waals surface area contributed by atoms with Gasteiger partial charge in [0.15, 0.2) is 0 Å². The van der Waals surface area contributed by atoms with E-state index in [0.717, 1.165) is 31.5 Å². The number of likely N-dealkylation sites (N-methyl/N-ethyl adjacent to an activating group) is 1. The highest BCUT2D eigenvalue weighted by molar-refractivity contribution is 7.89. The first-order valence-corrected chi connectivity index (χ1v) is 10.2. The predicted octanol–water partition coefficient (Wildman–Crippen LogP) is 2.18. The Morgan fingerprint density at radius 3 is 2.54 bits per heavy atom. The summed E-state index contributed by atoms with van der Waals surface area (Å²) in [5.74, 6) is -0.0982. The first kappa shape index (κ1) is 18.5. The maximum absolute atomic E-state index is 12.8. The number of carbonyl (C=O) groups excluding carboxylic acids is 1. The van der Waals surface area contributed by atoms with Crippen molar-refractivity contribution < 1.29 is 13.2 Å². The third-order valence-corrected chi connectivity index (χ3v) is 6.50. The minimum atomic E-state index is -3.64. The lowest BCUT2D eigenvalue weighted by Crippen LogP contribution is -2.30. The zero-order valence-electron chi connectivity index (χ0n) is 14.8. The van der Waals surface area contributed by atoms with Gasteiger partial charge < -0.3 is 4.90 Å². The molecule has 0 N–H and O–H groups in total. The fourth-order valence-corrected chi connectivity index (χ4v) is 4.25. The van der Waals surface area contributed by atoms with Gasteiger partial charge in [-0.25, -0.2) is 12.7 Å². The first-order valence-electron chi connectivity index (χ1n) is 8.73. The number of sulfonamides is 1. The molecule has 0 unspecified atom stereocenters. The van der Waals surface area contributed by atoms with Crippen LogP contribution in [0.3, 0.4) is 0 Å². The molecule has 2 aromatic rings. The van der Waals surface area contributed by atoms with Crippen molar-refractivity contribution >= 4 is 15.9 Å². The number of rotatable bonds is 6. The van der Waals surface area contributed by atoms with Crippen molar-refractivity contribution in [1.82, 2.24) is 14.2 Å². The number of nitrogens with zero attached hydrogens (tertiary/aromatic N) is 3. The van der Waals surface area contributed by atoms with Gasteiger partial charge in [-0.05, 0) is 55.2 Å². The number of hydrogen-bond donors (Lipinski definition) is 0. The third-order valence-electron chi connectivity index (χ3n) is 4.65. The molecule has 7 heteroatoms. The van der Waals surface area contributed by atoms with Gasteiger partial charge in [-0.1, -0.05) is 6.07 Å². The highest BCUT2D eigenvalue weighted by atomic mass is 32.2. The fraction of sp³-hybridized carbons (Fsp3) is 0.368. The fourth-order valence-electron chi connectivity index (χ4n) is 3.03. The van der Waals surface area contributed by atoms with Crippen molar-refractivity contribution in [2.24, 2.45) is 0 Å². The SMILES string of the molecule is CN(CCc1ccncc1)S(=O)(=O)c1cccc(C(=O)N2CCCC2)c1. The molecular formula is C19H23N3O3S. The Kier molecular flexibility index (Phi) is 5.68. The molecule has 26 heavy (non-hydrogen) atoms. The molecule has 0 spiro atoms. The standard InChI is InChI=1S/C19H23N3O3S/c1-21(14-9-16-7-10-20-11-8-16)26(24,25)18-6-4-5-17(15-18)19(23)22-12-2-3-13-22/h4-8,10-11,15H,2-3,9,12-14H2,1H3. The third kappa shape index (κ3) is 4.11. The van der Waals surface area contributed by atoms with Crippen LogP contribution in [-0.4, -0.2) is 55.2 Å². The molecule has 1 saturated heterocycles. The molecule has 0 aliphatic carbocycles. The molecule has 6 nitrogen and oxygen atoms in total. The Morgan fingerprint density at radius 1 is 1.15 bits per heavy atom. The molecule has 1 aliphatic heterocycles. The van der Waals surface area contributed by atoms with E-state index in [9.17, 15) is 13.2 Å². The number of amides is 1. The van der Waals surface area contributed by atoms with Gasteiger partial charge in [0.05, 0.1) is 4.90 Å². The minimum Gasteiger partial charge on any atom is -0.339 e. The van der Waals surface area contributed by atoms with Gasteiger partial charge in [0.25, 0.3) is 5.91 Å². The van der Waals surface area contributed by atoms with E-state index in [1.165, 1.54) is 10.4 Å². The van der Waals surface area contributed by atoms with Crippen LogP contribution in [0.5, 0.6) is 0 Å². The van der Waals surface area contributed by atoms with Gasteiger partial charge in [-0.15, -0.1) is 0 Å². The number of hydrogen-bond acceptors (Lipinski definition) is 4. The molecule has 1 fully saturated rings. The molecule has 0 bridgehead atoms. The lowest BCUT2D eigenvalue weighted by molar-refractivity contribution is 0.0792. The zero-order valence-corrected chi connectivity index (χ0v) is 15.7. The van der Waals surface area contributed by atoms with Crippen LogP contribution in [-0.2, 0) is 16.4 Å². The van der Waals surface area contributed by atoms with E-state index in [4.69, 9.17) is 0 Å². The topological polar surface area (TPSA) is 70.6 Å². The number of likely N-dealkylation sites (tertiary alicyclic amines) is 1. The van der Waals surface area contributed by atoms with E-state index in [-0.39, 0.29) is 10.8 Å². The summed E-state index contributed by atoms with van der Waals surface area (Å²) in [6.45, 7) is 1.83. The summed E-state index contributed by atoms with van der Waals surface area (Å²) in [5, 5.41) is 0. The van der Waals surface area contributed by atoms with Crippen LogP contribution in [0.1, 0.15) is 28.8 Å². The molecule has 0 radical (unpaired) electrons.